The molecule has 0 aliphatic carbocycles. The molecule has 0 radical (unpaired) electrons. The Morgan fingerprint density at radius 2 is 0.402 bits per heavy atom. The van der Waals surface area contributed by atoms with Gasteiger partial charge in [-0.3, -0.25) is 9.97 Å². The van der Waals surface area contributed by atoms with Crippen LogP contribution >= 0.6 is 0 Å². The lowest BCUT2D eigenvalue weighted by molar-refractivity contribution is 1.17. The molecule has 8 aromatic heterocycles. The maximum atomic E-state index is 5.16. The summed E-state index contributed by atoms with van der Waals surface area (Å²) in [6.45, 7) is 0. The van der Waals surface area contributed by atoms with E-state index in [0.717, 1.165) is 139 Å². The molecule has 0 spiro atoms. The predicted octanol–water partition coefficient (Wildman–Crippen LogP) is 26.7. The van der Waals surface area contributed by atoms with Crippen molar-refractivity contribution in [2.45, 2.75) is 0 Å². The van der Waals surface area contributed by atoms with Crippen LogP contribution in [0, 0.1) is 0 Å². The normalized spacial score (nSPS) is 11.6. The van der Waals surface area contributed by atoms with E-state index >= 15 is 0 Å². The number of nitrogens with zero attached hydrogens (tertiary/aromatic N) is 8. The molecule has 0 aliphatic heterocycles. The summed E-state index contributed by atoms with van der Waals surface area (Å²) in [5.41, 5.74) is 33.1. The second kappa shape index (κ2) is 27.6. The largest absolute Gasteiger partial charge is 0.309 e. The van der Waals surface area contributed by atoms with Crippen molar-refractivity contribution in [3.8, 4) is 112 Å². The Bertz CT molecular complexity index is 6760. The van der Waals surface area contributed by atoms with E-state index in [9.17, 15) is 0 Å². The summed E-state index contributed by atoms with van der Waals surface area (Å²) in [4.78, 5) is 20.1. The van der Waals surface area contributed by atoms with Crippen LogP contribution in [0.1, 0.15) is 0 Å². The van der Waals surface area contributed by atoms with Crippen LogP contribution in [0.2, 0.25) is 0 Å². The smallest absolute Gasteiger partial charge is 0.0963 e. The topological polar surface area (TPSA) is 71.3 Å². The Kier molecular flexibility index (Phi) is 16.1. The minimum absolute atomic E-state index is 0.939. The highest BCUT2D eigenvalue weighted by Gasteiger charge is 2.21. The standard InChI is InChI=1S/2C52H34N4/c1-4-13-36(14-5-1)46-33-40(34-47(54-46)37-15-6-2-7-16-37)35-22-26-42(27-23-35)56-50-29-25-39(32-45(50)52-51(56)21-12-30-53-52)38-24-28-49-44(31-38)43-19-10-11-20-48(43)55(49)41-17-8-3-9-18-41;1-4-13-35(14-5-1)40-33-46(36-15-6-2-7-16-36)54-47(34-40)37-22-26-42(27-23-37)56-50-29-25-39(32-45(50)52-51(56)21-12-30-53-52)38-24-28-49-44(31-38)43-19-10-11-20-48(43)55(49)41-17-8-3-9-18-41/h2*1-34H. The van der Waals surface area contributed by atoms with Gasteiger partial charge in [-0.25, -0.2) is 9.97 Å². The number of hydrogen-bond acceptors (Lipinski definition) is 4. The third-order valence-electron chi connectivity index (χ3n) is 21.9. The van der Waals surface area contributed by atoms with Crippen LogP contribution in [0.5, 0.6) is 0 Å². The molecule has 0 amide bonds. The molecule has 0 saturated heterocycles. The first kappa shape index (κ1) is 65.2. The van der Waals surface area contributed by atoms with Crippen molar-refractivity contribution in [3.63, 3.8) is 0 Å². The van der Waals surface area contributed by atoms with Crippen molar-refractivity contribution in [1.29, 1.82) is 0 Å². The Hall–Kier alpha value is -15.1. The minimum atomic E-state index is 0.939. The van der Waals surface area contributed by atoms with Gasteiger partial charge in [-0.1, -0.05) is 243 Å². The van der Waals surface area contributed by atoms with Crippen molar-refractivity contribution in [3.05, 3.63) is 413 Å². The number of aromatic nitrogens is 8. The first-order valence-electron chi connectivity index (χ1n) is 38.0. The van der Waals surface area contributed by atoms with Crippen LogP contribution in [0.3, 0.4) is 0 Å². The minimum Gasteiger partial charge on any atom is -0.309 e. The summed E-state index contributed by atoms with van der Waals surface area (Å²) in [5.74, 6) is 0. The Balaban J connectivity index is 0.000000141. The van der Waals surface area contributed by atoms with Gasteiger partial charge in [0.25, 0.3) is 0 Å². The van der Waals surface area contributed by atoms with Crippen molar-refractivity contribution in [1.82, 2.24) is 38.2 Å². The van der Waals surface area contributed by atoms with Gasteiger partial charge in [0.15, 0.2) is 0 Å². The van der Waals surface area contributed by atoms with Crippen molar-refractivity contribution in [2.24, 2.45) is 0 Å². The van der Waals surface area contributed by atoms with Crippen molar-refractivity contribution >= 4 is 87.5 Å². The summed E-state index contributed by atoms with van der Waals surface area (Å²) in [6.07, 6.45) is 3.78. The summed E-state index contributed by atoms with van der Waals surface area (Å²) < 4.78 is 9.38. The fraction of sp³-hybridized carbons (Fsp3) is 0. The molecule has 8 heterocycles. The third-order valence-corrected chi connectivity index (χ3v) is 21.9. The van der Waals surface area contributed by atoms with Gasteiger partial charge in [-0.2, -0.15) is 0 Å². The number of hydrogen-bond donors (Lipinski definition) is 0. The lowest BCUT2D eigenvalue weighted by Gasteiger charge is -2.12. The third kappa shape index (κ3) is 11.6. The van der Waals surface area contributed by atoms with Crippen LogP contribution < -0.4 is 0 Å². The summed E-state index contributed by atoms with van der Waals surface area (Å²) in [6, 6.07) is 142. The number of fused-ring (bicyclic) bond motifs is 12. The van der Waals surface area contributed by atoms with Gasteiger partial charge in [-0.15, -0.1) is 0 Å². The lowest BCUT2D eigenvalue weighted by Crippen LogP contribution is -1.95. The van der Waals surface area contributed by atoms with Crippen LogP contribution in [0.4, 0.5) is 0 Å². The van der Waals surface area contributed by atoms with E-state index in [1.165, 1.54) is 60.3 Å². The van der Waals surface area contributed by atoms with Crippen LogP contribution in [-0.2, 0) is 0 Å². The molecule has 14 aromatic carbocycles. The van der Waals surface area contributed by atoms with Gasteiger partial charge in [0, 0.05) is 89.7 Å². The zero-order valence-electron chi connectivity index (χ0n) is 60.8. The van der Waals surface area contributed by atoms with E-state index in [4.69, 9.17) is 19.9 Å². The Morgan fingerprint density at radius 3 is 0.777 bits per heavy atom. The van der Waals surface area contributed by atoms with Gasteiger partial charge in [0.2, 0.25) is 0 Å². The predicted molar refractivity (Wildman–Crippen MR) is 465 cm³/mol. The average molecular weight is 1430 g/mol. The Morgan fingerprint density at radius 1 is 0.152 bits per heavy atom. The van der Waals surface area contributed by atoms with E-state index < -0.39 is 0 Å². The van der Waals surface area contributed by atoms with Gasteiger partial charge in [0.1, 0.15) is 0 Å². The van der Waals surface area contributed by atoms with Crippen molar-refractivity contribution in [2.75, 3.05) is 0 Å². The SMILES string of the molecule is c1ccc(-c2cc(-c3ccc(-n4c5ccc(-c6ccc7c(c6)c6ccccc6n7-c6ccccc6)cc5c5ncccc54)cc3)cc(-c3ccccc3)n2)cc1.c1ccc(-c2cc(-c3ccccc3)nc(-c3ccc(-n4c5ccc(-c6ccc7c(c6)c6ccccc6n7-c6ccccc6)cc5c5ncccc54)cc3)c2)cc1. The first-order valence-corrected chi connectivity index (χ1v) is 38.0. The van der Waals surface area contributed by atoms with Crippen molar-refractivity contribution < 1.29 is 0 Å². The lowest BCUT2D eigenvalue weighted by atomic mass is 9.99. The molecule has 0 aliphatic rings. The molecule has 0 saturated carbocycles. The molecule has 8 nitrogen and oxygen atoms in total. The molecule has 112 heavy (non-hydrogen) atoms. The highest BCUT2D eigenvalue weighted by Crippen LogP contribution is 2.43. The highest BCUT2D eigenvalue weighted by atomic mass is 15.0. The second-order valence-electron chi connectivity index (χ2n) is 28.5. The molecule has 0 bridgehead atoms. The average Bonchev–Trinajstić information content (AvgIpc) is 1.59. The molecule has 0 N–H and O–H groups in total. The van der Waals surface area contributed by atoms with Gasteiger partial charge in [0.05, 0.1) is 77.9 Å². The van der Waals surface area contributed by atoms with Crippen LogP contribution in [-0.4, -0.2) is 38.2 Å². The molecule has 524 valence electrons. The fourth-order valence-electron chi connectivity index (χ4n) is 16.6. The van der Waals surface area contributed by atoms with E-state index in [0.29, 0.717) is 0 Å². The summed E-state index contributed by atoms with van der Waals surface area (Å²) in [7, 11) is 0. The fourth-order valence-corrected chi connectivity index (χ4v) is 16.6. The molecule has 8 heteroatoms. The number of para-hydroxylation sites is 4. The maximum absolute atomic E-state index is 5.16. The maximum Gasteiger partial charge on any atom is 0.0963 e. The van der Waals surface area contributed by atoms with E-state index in [-0.39, 0.29) is 0 Å². The molecule has 0 fully saturated rings. The second-order valence-corrected chi connectivity index (χ2v) is 28.5. The molecule has 22 aromatic rings. The molecular weight excluding hydrogens is 1360 g/mol. The van der Waals surface area contributed by atoms with E-state index in [1.54, 1.807) is 0 Å². The zero-order valence-corrected chi connectivity index (χ0v) is 60.8. The molecular formula is C104H68N8. The zero-order chi connectivity index (χ0) is 74.0. The quantitative estimate of drug-likeness (QED) is 0.122. The number of rotatable bonds is 12. The summed E-state index contributed by atoms with van der Waals surface area (Å²) >= 11 is 0. The molecule has 0 atom stereocenters. The van der Waals surface area contributed by atoms with Gasteiger partial charge >= 0.3 is 0 Å². The van der Waals surface area contributed by atoms with Crippen LogP contribution in [0.15, 0.2) is 413 Å². The van der Waals surface area contributed by atoms with Gasteiger partial charge < -0.3 is 18.3 Å². The van der Waals surface area contributed by atoms with E-state index in [2.05, 4.69) is 388 Å². The first-order chi connectivity index (χ1) is 55.5. The Labute approximate surface area is 646 Å². The number of benzene rings is 14. The van der Waals surface area contributed by atoms with E-state index in [1.807, 2.05) is 42.7 Å². The number of pyridine rings is 4. The van der Waals surface area contributed by atoms with Gasteiger partial charge in [-0.05, 0) is 202 Å². The molecule has 0 unspecified atom stereocenters. The highest BCUT2D eigenvalue weighted by molar-refractivity contribution is 6.14. The molecule has 22 rings (SSSR count). The summed E-state index contributed by atoms with van der Waals surface area (Å²) in [5, 5.41) is 7.22. The van der Waals surface area contributed by atoms with Crippen LogP contribution in [0.25, 0.3) is 200 Å². The monoisotopic (exact) mass is 1430 g/mol.